The lowest BCUT2D eigenvalue weighted by Gasteiger charge is -2.36. The first kappa shape index (κ1) is 23.3. The Kier molecular flexibility index (Phi) is 6.28. The highest BCUT2D eigenvalue weighted by molar-refractivity contribution is 7.92. The van der Waals surface area contributed by atoms with Gasteiger partial charge in [-0.2, -0.15) is 0 Å². The standard InChI is InChI=1S/C20H23FN4O6S/c1-20(2,22)18(26)23-10-14-11-25(32(29,30)15-6-3-12(21)4-7-15)16-9-13(24-19(27)28)5-8-17(16)31-14/h3-9,14,24H,10-11,22H2,1-2H3,(H,23,26)(H,27,28). The van der Waals surface area contributed by atoms with Crippen LogP contribution < -0.4 is 25.4 Å². The minimum Gasteiger partial charge on any atom is -0.484 e. The van der Waals surface area contributed by atoms with E-state index in [1.54, 1.807) is 0 Å². The molecule has 1 heterocycles. The Hall–Kier alpha value is -3.38. The molecule has 0 spiro atoms. The second-order valence-corrected chi connectivity index (χ2v) is 9.64. The highest BCUT2D eigenvalue weighted by Gasteiger charge is 2.35. The molecule has 1 aliphatic rings. The molecule has 2 aromatic rings. The van der Waals surface area contributed by atoms with Gasteiger partial charge in [0.15, 0.2) is 0 Å². The summed E-state index contributed by atoms with van der Waals surface area (Å²) < 4.78 is 46.9. The van der Waals surface area contributed by atoms with E-state index in [1.807, 2.05) is 0 Å². The average molecular weight is 466 g/mol. The molecular weight excluding hydrogens is 443 g/mol. The van der Waals surface area contributed by atoms with Crippen molar-refractivity contribution in [2.24, 2.45) is 5.73 Å². The largest absolute Gasteiger partial charge is 0.484 e. The third-order valence-electron chi connectivity index (χ3n) is 4.62. The Morgan fingerprint density at radius 3 is 2.50 bits per heavy atom. The van der Waals surface area contributed by atoms with Crippen molar-refractivity contribution in [1.29, 1.82) is 0 Å². The number of carbonyl (C=O) groups excluding carboxylic acids is 1. The van der Waals surface area contributed by atoms with Crippen LogP contribution in [-0.4, -0.2) is 50.3 Å². The van der Waals surface area contributed by atoms with Gasteiger partial charge in [-0.15, -0.1) is 0 Å². The SMILES string of the molecule is CC(C)(N)C(=O)NCC1CN(S(=O)(=O)c2ccc(F)cc2)c2cc(NC(=O)O)ccc2O1. The number of nitrogens with one attached hydrogen (secondary N) is 2. The van der Waals surface area contributed by atoms with Gasteiger partial charge >= 0.3 is 6.09 Å². The molecule has 10 nitrogen and oxygen atoms in total. The molecule has 2 amide bonds. The fourth-order valence-electron chi connectivity index (χ4n) is 3.02. The van der Waals surface area contributed by atoms with Crippen LogP contribution >= 0.6 is 0 Å². The molecule has 1 atom stereocenters. The fourth-order valence-corrected chi connectivity index (χ4v) is 4.51. The molecule has 0 saturated carbocycles. The van der Waals surface area contributed by atoms with Gasteiger partial charge in [0.1, 0.15) is 17.7 Å². The molecule has 3 rings (SSSR count). The third kappa shape index (κ3) is 5.08. The number of carbonyl (C=O) groups is 2. The molecule has 32 heavy (non-hydrogen) atoms. The number of fused-ring (bicyclic) bond motifs is 1. The van der Waals surface area contributed by atoms with Crippen molar-refractivity contribution >= 4 is 33.4 Å². The van der Waals surface area contributed by atoms with Crippen LogP contribution in [0.15, 0.2) is 47.4 Å². The highest BCUT2D eigenvalue weighted by atomic mass is 32.2. The molecule has 172 valence electrons. The molecule has 1 aliphatic heterocycles. The lowest BCUT2D eigenvalue weighted by Crippen LogP contribution is -2.54. The summed E-state index contributed by atoms with van der Waals surface area (Å²) in [6.07, 6.45) is -2.08. The van der Waals surface area contributed by atoms with Crippen molar-refractivity contribution in [3.8, 4) is 5.75 Å². The third-order valence-corrected chi connectivity index (χ3v) is 6.41. The van der Waals surface area contributed by atoms with Crippen LogP contribution in [0.5, 0.6) is 5.75 Å². The average Bonchev–Trinajstić information content (AvgIpc) is 2.70. The van der Waals surface area contributed by atoms with E-state index in [-0.39, 0.29) is 35.1 Å². The van der Waals surface area contributed by atoms with E-state index in [0.717, 1.165) is 28.6 Å². The lowest BCUT2D eigenvalue weighted by molar-refractivity contribution is -0.125. The summed E-state index contributed by atoms with van der Waals surface area (Å²) in [5.74, 6) is -0.866. The normalized spacial score (nSPS) is 16.0. The number of hydrogen-bond acceptors (Lipinski definition) is 6. The van der Waals surface area contributed by atoms with E-state index in [0.29, 0.717) is 0 Å². The van der Waals surface area contributed by atoms with Crippen LogP contribution in [0.2, 0.25) is 0 Å². The molecule has 0 radical (unpaired) electrons. The monoisotopic (exact) mass is 466 g/mol. The predicted molar refractivity (Wildman–Crippen MR) is 115 cm³/mol. The van der Waals surface area contributed by atoms with Gasteiger partial charge in [-0.1, -0.05) is 0 Å². The van der Waals surface area contributed by atoms with Crippen molar-refractivity contribution in [1.82, 2.24) is 5.32 Å². The highest BCUT2D eigenvalue weighted by Crippen LogP contribution is 2.39. The second kappa shape index (κ2) is 8.63. The Morgan fingerprint density at radius 1 is 1.25 bits per heavy atom. The molecule has 0 bridgehead atoms. The number of carboxylic acid groups (broad SMARTS) is 1. The maximum atomic E-state index is 13.3. The van der Waals surface area contributed by atoms with E-state index in [9.17, 15) is 22.4 Å². The summed E-state index contributed by atoms with van der Waals surface area (Å²) in [7, 11) is -4.16. The molecule has 2 aromatic carbocycles. The lowest BCUT2D eigenvalue weighted by atomic mass is 10.1. The summed E-state index contributed by atoms with van der Waals surface area (Å²) in [5, 5.41) is 13.8. The van der Waals surface area contributed by atoms with E-state index >= 15 is 0 Å². The van der Waals surface area contributed by atoms with Gasteiger partial charge in [0.05, 0.1) is 29.2 Å². The van der Waals surface area contributed by atoms with Gasteiger partial charge in [0, 0.05) is 5.69 Å². The Bertz CT molecular complexity index is 1130. The number of anilines is 2. The van der Waals surface area contributed by atoms with Crippen molar-refractivity contribution in [3.05, 3.63) is 48.3 Å². The molecule has 1 unspecified atom stereocenters. The first-order valence-electron chi connectivity index (χ1n) is 9.54. The molecule has 5 N–H and O–H groups in total. The van der Waals surface area contributed by atoms with Gasteiger partial charge in [0.25, 0.3) is 10.0 Å². The molecule has 0 saturated heterocycles. The Labute approximate surface area is 184 Å². The smallest absolute Gasteiger partial charge is 0.409 e. The summed E-state index contributed by atoms with van der Waals surface area (Å²) in [5.41, 5.74) is 4.87. The Morgan fingerprint density at radius 2 is 1.91 bits per heavy atom. The zero-order chi connectivity index (χ0) is 23.7. The summed E-state index contributed by atoms with van der Waals surface area (Å²) in [6, 6.07) is 8.48. The van der Waals surface area contributed by atoms with Gasteiger partial charge in [-0.3, -0.25) is 14.4 Å². The van der Waals surface area contributed by atoms with Crippen LogP contribution in [0.3, 0.4) is 0 Å². The van der Waals surface area contributed by atoms with Crippen LogP contribution in [0.4, 0.5) is 20.6 Å². The van der Waals surface area contributed by atoms with E-state index in [4.69, 9.17) is 15.6 Å². The van der Waals surface area contributed by atoms with Gasteiger partial charge in [0.2, 0.25) is 5.91 Å². The van der Waals surface area contributed by atoms with Crippen molar-refractivity contribution in [2.45, 2.75) is 30.4 Å². The molecule has 0 aliphatic carbocycles. The number of ether oxygens (including phenoxy) is 1. The minimum absolute atomic E-state index is 0.0243. The first-order chi connectivity index (χ1) is 14.9. The van der Waals surface area contributed by atoms with E-state index in [2.05, 4.69) is 10.6 Å². The van der Waals surface area contributed by atoms with Crippen molar-refractivity contribution in [3.63, 3.8) is 0 Å². The van der Waals surface area contributed by atoms with Crippen LogP contribution in [0.25, 0.3) is 0 Å². The van der Waals surface area contributed by atoms with Gasteiger partial charge in [-0.25, -0.2) is 17.6 Å². The maximum Gasteiger partial charge on any atom is 0.409 e. The van der Waals surface area contributed by atoms with Crippen molar-refractivity contribution in [2.75, 3.05) is 22.7 Å². The summed E-state index contributed by atoms with van der Waals surface area (Å²) in [4.78, 5) is 22.9. The second-order valence-electron chi connectivity index (χ2n) is 7.77. The first-order valence-corrected chi connectivity index (χ1v) is 11.0. The number of halogens is 1. The Balaban J connectivity index is 1.98. The number of amides is 2. The van der Waals surface area contributed by atoms with Crippen LogP contribution in [-0.2, 0) is 14.8 Å². The maximum absolute atomic E-state index is 13.3. The van der Waals surface area contributed by atoms with E-state index in [1.165, 1.54) is 32.0 Å². The van der Waals surface area contributed by atoms with Crippen LogP contribution in [0.1, 0.15) is 13.8 Å². The molecule has 0 fully saturated rings. The fraction of sp³-hybridized carbons (Fsp3) is 0.300. The number of sulfonamides is 1. The number of rotatable bonds is 6. The van der Waals surface area contributed by atoms with Gasteiger partial charge in [-0.05, 0) is 56.3 Å². The quantitative estimate of drug-likeness (QED) is 0.506. The molecular formula is C20H23FN4O6S. The summed E-state index contributed by atoms with van der Waals surface area (Å²) in [6.45, 7) is 2.85. The number of benzene rings is 2. The number of nitrogens with two attached hydrogens (primary N) is 1. The number of nitrogens with zero attached hydrogens (tertiary/aromatic N) is 1. The number of hydrogen-bond donors (Lipinski definition) is 4. The topological polar surface area (TPSA) is 151 Å². The van der Waals surface area contributed by atoms with Crippen LogP contribution in [0, 0.1) is 5.82 Å². The summed E-state index contributed by atoms with van der Waals surface area (Å²) >= 11 is 0. The molecule has 12 heteroatoms. The zero-order valence-corrected chi connectivity index (χ0v) is 18.1. The van der Waals surface area contributed by atoms with E-state index < -0.39 is 39.5 Å². The molecule has 0 aromatic heterocycles. The minimum atomic E-state index is -4.16. The predicted octanol–water partition coefficient (Wildman–Crippen LogP) is 1.73. The zero-order valence-electron chi connectivity index (χ0n) is 17.3. The van der Waals surface area contributed by atoms with Crippen molar-refractivity contribution < 1.29 is 32.2 Å². The van der Waals surface area contributed by atoms with Gasteiger partial charge < -0.3 is 20.9 Å².